The number of likely N-dealkylation sites (tertiary alicyclic amines) is 1. The van der Waals surface area contributed by atoms with Crippen LogP contribution in [0, 0.1) is 0 Å². The van der Waals surface area contributed by atoms with E-state index in [-0.39, 0.29) is 11.6 Å². The zero-order valence-electron chi connectivity index (χ0n) is 13.2. The Labute approximate surface area is 135 Å². The highest BCUT2D eigenvalue weighted by Gasteiger charge is 2.25. The lowest BCUT2D eigenvalue weighted by Crippen LogP contribution is -2.40. The van der Waals surface area contributed by atoms with E-state index in [9.17, 15) is 13.2 Å². The fourth-order valence-electron chi connectivity index (χ4n) is 2.63. The van der Waals surface area contributed by atoms with Crippen molar-refractivity contribution >= 4 is 15.9 Å². The molecule has 1 atom stereocenters. The molecule has 1 aliphatic heterocycles. The number of carbonyl (C=O) groups is 1. The summed E-state index contributed by atoms with van der Waals surface area (Å²) in [7, 11) is -2.72. The van der Waals surface area contributed by atoms with Crippen LogP contribution in [-0.2, 0) is 10.0 Å². The number of hydrogen-bond donors (Lipinski definition) is 2. The molecule has 2 rings (SSSR count). The van der Waals surface area contributed by atoms with Gasteiger partial charge in [0, 0.05) is 12.6 Å². The number of methoxy groups -OCH3 is 1. The van der Waals surface area contributed by atoms with Crippen molar-refractivity contribution in [2.75, 3.05) is 26.7 Å². The molecule has 128 valence electrons. The van der Waals surface area contributed by atoms with Gasteiger partial charge in [0.25, 0.3) is 15.9 Å². The summed E-state index contributed by atoms with van der Waals surface area (Å²) in [5, 5.41) is 7.34. The van der Waals surface area contributed by atoms with Crippen molar-refractivity contribution in [1.29, 1.82) is 0 Å². The molecule has 23 heavy (non-hydrogen) atoms. The highest BCUT2D eigenvalue weighted by molar-refractivity contribution is 7.89. The van der Waals surface area contributed by atoms with Gasteiger partial charge in [-0.3, -0.25) is 9.69 Å². The fourth-order valence-corrected chi connectivity index (χ4v) is 3.04. The lowest BCUT2D eigenvalue weighted by molar-refractivity contribution is 0.0931. The predicted molar refractivity (Wildman–Crippen MR) is 82.6 cm³/mol. The van der Waals surface area contributed by atoms with Gasteiger partial charge in [0.2, 0.25) is 5.88 Å². The Morgan fingerprint density at radius 2 is 2.30 bits per heavy atom. The summed E-state index contributed by atoms with van der Waals surface area (Å²) in [5.74, 6) is -0.633. The van der Waals surface area contributed by atoms with E-state index in [1.54, 1.807) is 0 Å². The van der Waals surface area contributed by atoms with Crippen LogP contribution in [0.4, 0.5) is 0 Å². The molecule has 0 spiro atoms. The molecule has 1 aromatic heterocycles. The first-order valence-corrected chi connectivity index (χ1v) is 8.87. The first kappa shape index (κ1) is 17.6. The molecule has 10 heteroatoms. The molecule has 1 fully saturated rings. The summed E-state index contributed by atoms with van der Waals surface area (Å²) >= 11 is 0. The predicted octanol–water partition coefficient (Wildman–Crippen LogP) is -0.653. The zero-order chi connectivity index (χ0) is 17.0. The van der Waals surface area contributed by atoms with Gasteiger partial charge >= 0.3 is 0 Å². The lowest BCUT2D eigenvalue weighted by atomic mass is 10.2. The topological polar surface area (TPSA) is 128 Å². The molecule has 0 aromatic carbocycles. The van der Waals surface area contributed by atoms with Gasteiger partial charge in [-0.15, -0.1) is 0 Å². The minimum Gasteiger partial charge on any atom is -0.479 e. The highest BCUT2D eigenvalue weighted by Crippen LogP contribution is 2.17. The van der Waals surface area contributed by atoms with Crippen LogP contribution in [0.2, 0.25) is 0 Å². The molecule has 1 aliphatic rings. The summed E-state index contributed by atoms with van der Waals surface area (Å²) in [5.41, 5.74) is -0.0686. The third-order valence-corrected chi connectivity index (χ3v) is 4.60. The monoisotopic (exact) mass is 343 g/mol. The zero-order valence-corrected chi connectivity index (χ0v) is 14.0. The molecule has 1 unspecified atom stereocenters. The SMILES string of the molecule is CCN1CCCC1CNC(=O)c1ncc(S(N)(=O)=O)nc1OC. The van der Waals surface area contributed by atoms with Gasteiger partial charge in [-0.1, -0.05) is 6.92 Å². The van der Waals surface area contributed by atoms with Crippen LogP contribution < -0.4 is 15.2 Å². The second-order valence-corrected chi connectivity index (χ2v) is 6.75. The number of nitrogens with one attached hydrogen (secondary N) is 1. The molecule has 1 aromatic rings. The van der Waals surface area contributed by atoms with E-state index in [2.05, 4.69) is 27.1 Å². The molecular weight excluding hydrogens is 322 g/mol. The van der Waals surface area contributed by atoms with Gasteiger partial charge in [0.05, 0.1) is 13.3 Å². The van der Waals surface area contributed by atoms with Gasteiger partial charge in [-0.25, -0.2) is 18.5 Å². The number of sulfonamides is 1. The van der Waals surface area contributed by atoms with Gasteiger partial charge in [0.15, 0.2) is 10.7 Å². The number of carbonyl (C=O) groups excluding carboxylic acids is 1. The summed E-state index contributed by atoms with van der Waals surface area (Å²) in [6, 6.07) is 0.298. The van der Waals surface area contributed by atoms with Crippen LogP contribution in [0.1, 0.15) is 30.3 Å². The van der Waals surface area contributed by atoms with Gasteiger partial charge in [-0.05, 0) is 25.9 Å². The molecule has 1 amide bonds. The van der Waals surface area contributed by atoms with Crippen LogP contribution in [0.15, 0.2) is 11.2 Å². The van der Waals surface area contributed by atoms with Gasteiger partial charge in [0.1, 0.15) is 0 Å². The van der Waals surface area contributed by atoms with Crippen molar-refractivity contribution in [2.45, 2.75) is 30.8 Å². The molecule has 1 saturated heterocycles. The molecule has 0 radical (unpaired) electrons. The Bertz CT molecular complexity index is 679. The van der Waals surface area contributed by atoms with Gasteiger partial charge in [-0.2, -0.15) is 4.98 Å². The van der Waals surface area contributed by atoms with Crippen LogP contribution in [0.3, 0.4) is 0 Å². The first-order valence-electron chi connectivity index (χ1n) is 7.33. The smallest absolute Gasteiger partial charge is 0.275 e. The second-order valence-electron chi connectivity index (χ2n) is 5.25. The maximum atomic E-state index is 12.2. The third-order valence-electron chi connectivity index (χ3n) is 3.82. The van der Waals surface area contributed by atoms with Crippen molar-refractivity contribution in [3.8, 4) is 5.88 Å². The number of likely N-dealkylation sites (N-methyl/N-ethyl adjacent to an activating group) is 1. The number of nitrogens with zero attached hydrogens (tertiary/aromatic N) is 3. The van der Waals surface area contributed by atoms with E-state index < -0.39 is 21.0 Å². The third kappa shape index (κ3) is 4.15. The number of rotatable bonds is 6. The second kappa shape index (κ2) is 7.20. The van der Waals surface area contributed by atoms with Crippen molar-refractivity contribution in [1.82, 2.24) is 20.2 Å². The van der Waals surface area contributed by atoms with E-state index in [0.29, 0.717) is 12.6 Å². The highest BCUT2D eigenvalue weighted by atomic mass is 32.2. The quantitative estimate of drug-likeness (QED) is 0.702. The molecule has 9 nitrogen and oxygen atoms in total. The number of primary sulfonamides is 1. The number of hydrogen-bond acceptors (Lipinski definition) is 7. The van der Waals surface area contributed by atoms with E-state index in [1.807, 2.05) is 0 Å². The van der Waals surface area contributed by atoms with Crippen molar-refractivity contribution in [3.63, 3.8) is 0 Å². The molecule has 2 heterocycles. The number of ether oxygens (including phenoxy) is 1. The van der Waals surface area contributed by atoms with Crippen molar-refractivity contribution in [2.24, 2.45) is 5.14 Å². The number of nitrogens with two attached hydrogens (primary N) is 1. The summed E-state index contributed by atoms with van der Waals surface area (Å²) in [6.45, 7) is 4.55. The van der Waals surface area contributed by atoms with Crippen LogP contribution >= 0.6 is 0 Å². The van der Waals surface area contributed by atoms with Crippen LogP contribution in [-0.4, -0.2) is 62.0 Å². The molecule has 0 aliphatic carbocycles. The summed E-state index contributed by atoms with van der Waals surface area (Å²) in [4.78, 5) is 22.1. The van der Waals surface area contributed by atoms with Crippen LogP contribution in [0.5, 0.6) is 5.88 Å². The molecular formula is C13H21N5O4S. The molecule has 0 saturated carbocycles. The Morgan fingerprint density at radius 3 is 2.91 bits per heavy atom. The normalized spacial score (nSPS) is 18.8. The molecule has 3 N–H and O–H groups in total. The minimum atomic E-state index is -4.01. The Balaban J connectivity index is 2.10. The Kier molecular flexibility index (Phi) is 5.50. The number of amides is 1. The van der Waals surface area contributed by atoms with Crippen molar-refractivity contribution < 1.29 is 17.9 Å². The minimum absolute atomic E-state index is 0.0686. The maximum Gasteiger partial charge on any atom is 0.275 e. The average molecular weight is 343 g/mol. The van der Waals surface area contributed by atoms with Gasteiger partial charge < -0.3 is 10.1 Å². The van der Waals surface area contributed by atoms with E-state index in [0.717, 1.165) is 32.1 Å². The number of aromatic nitrogens is 2. The average Bonchev–Trinajstić information content (AvgIpc) is 2.98. The van der Waals surface area contributed by atoms with E-state index in [4.69, 9.17) is 9.88 Å². The standard InChI is InChI=1S/C13H21N5O4S/c1-3-18-6-4-5-9(18)7-16-12(19)11-13(22-2)17-10(8-15-11)23(14,20)21/h8-9H,3-7H2,1-2H3,(H,16,19)(H2,14,20,21). The van der Waals surface area contributed by atoms with Crippen LogP contribution in [0.25, 0.3) is 0 Å². The first-order chi connectivity index (χ1) is 10.9. The largest absolute Gasteiger partial charge is 0.479 e. The Morgan fingerprint density at radius 1 is 1.57 bits per heavy atom. The lowest BCUT2D eigenvalue weighted by Gasteiger charge is -2.22. The van der Waals surface area contributed by atoms with E-state index >= 15 is 0 Å². The van der Waals surface area contributed by atoms with Crippen molar-refractivity contribution in [3.05, 3.63) is 11.9 Å². The summed E-state index contributed by atoms with van der Waals surface area (Å²) < 4.78 is 27.5. The summed E-state index contributed by atoms with van der Waals surface area (Å²) in [6.07, 6.45) is 3.09. The Hall–Kier alpha value is -1.78. The maximum absolute atomic E-state index is 12.2. The molecule has 0 bridgehead atoms. The fraction of sp³-hybridized carbons (Fsp3) is 0.615. The van der Waals surface area contributed by atoms with E-state index in [1.165, 1.54) is 7.11 Å².